The molecular formula is C55H81FO10. The predicted octanol–water partition coefficient (Wildman–Crippen LogP) is 9.52. The van der Waals surface area contributed by atoms with Gasteiger partial charge in [0.15, 0.2) is 23.7 Å². The van der Waals surface area contributed by atoms with E-state index in [2.05, 4.69) is 32.6 Å². The Morgan fingerprint density at radius 1 is 1.00 bits per heavy atom. The molecule has 6 saturated carbocycles. The number of Topliss-reactive ketones (excluding diaryl/α,β-unsaturated/α-hetero) is 1. The molecule has 6 fully saturated rings. The standard InChI is InChI=1S/C28H37FO7.C27H44O3/c1-6-23(33)35-15-22(32)28(36-24(34)7-2)16(3)12-20-19-9-8-17-13-18(30)10-11-25(17,4)27(19,29)21(31)14-26(20,28)5;1-18(8-6-14-26(3,4)30)23-12-13-24-20(9-7-15-27(23,24)5)10-11-21-16-22(28)17-25(29)19(21)2/h10-11,13,16,19-21,31H,6-9,12,14-15H2,1-5H3;10-11,18,22-25,28-30H,2,6-9,12-17H2,1,3-5H3/b;20-10+,21-11-/t16-,19-,20-,21-,25-,26-,27-,28-;18-,22-,23-,24+,25+,27-/m01/s1. The molecule has 0 spiro atoms. The number of ether oxygens (including phenoxy) is 2. The van der Waals surface area contributed by atoms with Crippen LogP contribution in [0, 0.1) is 51.8 Å². The first-order valence-electron chi connectivity index (χ1n) is 25.2. The van der Waals surface area contributed by atoms with E-state index in [-0.39, 0.29) is 31.0 Å². The summed E-state index contributed by atoms with van der Waals surface area (Å²) in [5.41, 5.74) is -2.09. The van der Waals surface area contributed by atoms with Gasteiger partial charge in [-0.3, -0.25) is 19.2 Å². The van der Waals surface area contributed by atoms with Crippen LogP contribution >= 0.6 is 0 Å². The first-order chi connectivity index (χ1) is 30.8. The Hall–Kier alpha value is -3.25. The van der Waals surface area contributed by atoms with Crippen molar-refractivity contribution in [1.29, 1.82) is 0 Å². The van der Waals surface area contributed by atoms with Gasteiger partial charge in [-0.15, -0.1) is 0 Å². The Balaban J connectivity index is 0.000000222. The van der Waals surface area contributed by atoms with Crippen LogP contribution in [0.2, 0.25) is 0 Å². The molecule has 7 aliphatic rings. The van der Waals surface area contributed by atoms with Crippen LogP contribution < -0.4 is 0 Å². The maximum Gasteiger partial charge on any atom is 0.306 e. The second-order valence-corrected chi connectivity index (χ2v) is 22.7. The van der Waals surface area contributed by atoms with E-state index < -0.39 is 82.2 Å². The van der Waals surface area contributed by atoms with E-state index in [1.165, 1.54) is 50.7 Å². The molecule has 0 amide bonds. The SMILES string of the molecule is C=C1/C(=C\C=C2/CCC[C@]3(C)[C@@H]([C@H](C)CCCC(C)(C)O)CC[C@@H]23)C[C@@H](O)C[C@@H]1O.CCC(=O)OCC(=O)[C@@]1(OC(=O)CC)[C@@H](C)C[C@H]2[C@@H]3CCC4=CC(=O)C=C[C@]4(C)[C@@]3(F)[C@@H](O)C[C@@]21C. The fraction of sp³-hybridized carbons (Fsp3) is 0.745. The molecule has 368 valence electrons. The van der Waals surface area contributed by atoms with Crippen molar-refractivity contribution in [2.75, 3.05) is 6.61 Å². The maximum atomic E-state index is 17.4. The molecule has 0 aliphatic heterocycles. The number of alkyl halides is 1. The Morgan fingerprint density at radius 2 is 1.70 bits per heavy atom. The Kier molecular flexibility index (Phi) is 15.5. The maximum absolute atomic E-state index is 17.4. The number of hydrogen-bond acceptors (Lipinski definition) is 10. The fourth-order valence-electron chi connectivity index (χ4n) is 14.7. The lowest BCUT2D eigenvalue weighted by molar-refractivity contribution is -0.228. The van der Waals surface area contributed by atoms with Gasteiger partial charge in [-0.1, -0.05) is 90.3 Å². The topological polar surface area (TPSA) is 168 Å². The Bertz CT molecular complexity index is 2010. The zero-order valence-corrected chi connectivity index (χ0v) is 41.4. The van der Waals surface area contributed by atoms with Crippen molar-refractivity contribution in [3.8, 4) is 0 Å². The first kappa shape index (κ1) is 52.1. The van der Waals surface area contributed by atoms with Crippen molar-refractivity contribution in [1.82, 2.24) is 0 Å². The third-order valence-electron chi connectivity index (χ3n) is 18.2. The zero-order chi connectivity index (χ0) is 48.8. The molecule has 0 aromatic heterocycles. The second kappa shape index (κ2) is 19.6. The minimum absolute atomic E-state index is 0.0430. The van der Waals surface area contributed by atoms with Gasteiger partial charge in [-0.05, 0) is 144 Å². The van der Waals surface area contributed by atoms with Crippen molar-refractivity contribution in [2.45, 2.75) is 200 Å². The summed E-state index contributed by atoms with van der Waals surface area (Å²) in [6.45, 7) is 20.9. The highest BCUT2D eigenvalue weighted by atomic mass is 19.1. The highest BCUT2D eigenvalue weighted by molar-refractivity contribution is 6.01. The molecule has 10 nitrogen and oxygen atoms in total. The summed E-state index contributed by atoms with van der Waals surface area (Å²) in [5, 5.41) is 41.7. The third kappa shape index (κ3) is 9.30. The predicted molar refractivity (Wildman–Crippen MR) is 252 cm³/mol. The first-order valence-corrected chi connectivity index (χ1v) is 25.2. The molecule has 0 bridgehead atoms. The summed E-state index contributed by atoms with van der Waals surface area (Å²) in [7, 11) is 0. The fourth-order valence-corrected chi connectivity index (χ4v) is 14.7. The molecule has 4 N–H and O–H groups in total. The summed E-state index contributed by atoms with van der Waals surface area (Å²) >= 11 is 0. The summed E-state index contributed by atoms with van der Waals surface area (Å²) in [6, 6.07) is 0. The second-order valence-electron chi connectivity index (χ2n) is 22.7. The summed E-state index contributed by atoms with van der Waals surface area (Å²) in [5.74, 6) is -1.20. The molecule has 11 heteroatoms. The lowest BCUT2D eigenvalue weighted by Crippen LogP contribution is -2.70. The number of hydrogen-bond donors (Lipinski definition) is 4. The van der Waals surface area contributed by atoms with Crippen molar-refractivity contribution in [2.24, 2.45) is 51.8 Å². The van der Waals surface area contributed by atoms with Crippen LogP contribution in [0.5, 0.6) is 0 Å². The van der Waals surface area contributed by atoms with Crippen LogP contribution in [-0.2, 0) is 28.7 Å². The summed E-state index contributed by atoms with van der Waals surface area (Å²) in [6.07, 6.45) is 18.2. The van der Waals surface area contributed by atoms with E-state index in [1.807, 2.05) is 20.8 Å². The number of esters is 2. The van der Waals surface area contributed by atoms with E-state index >= 15 is 4.39 Å². The monoisotopic (exact) mass is 921 g/mol. The number of allylic oxidation sites excluding steroid dienone is 7. The molecule has 0 aromatic carbocycles. The van der Waals surface area contributed by atoms with Crippen LogP contribution in [-0.4, -0.2) is 85.7 Å². The number of carbonyl (C=O) groups is 4. The van der Waals surface area contributed by atoms with Crippen LogP contribution in [0.25, 0.3) is 0 Å². The minimum atomic E-state index is -2.05. The van der Waals surface area contributed by atoms with E-state index in [1.54, 1.807) is 39.3 Å². The quantitative estimate of drug-likeness (QED) is 0.139. The highest BCUT2D eigenvalue weighted by Crippen LogP contribution is 2.71. The van der Waals surface area contributed by atoms with Gasteiger partial charge in [0, 0.05) is 41.9 Å². The number of aliphatic hydroxyl groups excluding tert-OH is 3. The van der Waals surface area contributed by atoms with Gasteiger partial charge in [0.2, 0.25) is 5.78 Å². The Labute approximate surface area is 393 Å². The van der Waals surface area contributed by atoms with Crippen LogP contribution in [0.3, 0.4) is 0 Å². The van der Waals surface area contributed by atoms with Crippen LogP contribution in [0.1, 0.15) is 165 Å². The molecule has 7 rings (SSSR count). The molecule has 66 heavy (non-hydrogen) atoms. The zero-order valence-electron chi connectivity index (χ0n) is 41.4. The number of carbonyl (C=O) groups excluding carboxylic acids is 4. The van der Waals surface area contributed by atoms with Gasteiger partial charge < -0.3 is 29.9 Å². The normalized spacial score (nSPS) is 41.2. The lowest BCUT2D eigenvalue weighted by atomic mass is 9.44. The van der Waals surface area contributed by atoms with E-state index in [0.29, 0.717) is 54.9 Å². The average molecular weight is 921 g/mol. The average Bonchev–Trinajstić information content (AvgIpc) is 3.71. The molecule has 0 heterocycles. The van der Waals surface area contributed by atoms with Gasteiger partial charge in [0.1, 0.15) is 0 Å². The summed E-state index contributed by atoms with van der Waals surface area (Å²) < 4.78 is 28.5. The number of halogens is 1. The van der Waals surface area contributed by atoms with Gasteiger partial charge in [-0.2, -0.15) is 0 Å². The largest absolute Gasteiger partial charge is 0.457 e. The molecule has 0 unspecified atom stereocenters. The van der Waals surface area contributed by atoms with Crippen molar-refractivity contribution in [3.05, 3.63) is 59.3 Å². The van der Waals surface area contributed by atoms with Gasteiger partial charge in [0.05, 0.1) is 23.9 Å². The smallest absolute Gasteiger partial charge is 0.306 e. The van der Waals surface area contributed by atoms with E-state index in [0.717, 1.165) is 29.9 Å². The molecule has 14 atom stereocenters. The molecule has 0 radical (unpaired) electrons. The number of aliphatic hydroxyl groups is 4. The Morgan fingerprint density at radius 3 is 2.36 bits per heavy atom. The number of fused-ring (bicyclic) bond motifs is 6. The molecule has 0 aromatic rings. The molecular weight excluding hydrogens is 840 g/mol. The highest BCUT2D eigenvalue weighted by Gasteiger charge is 2.77. The minimum Gasteiger partial charge on any atom is -0.457 e. The van der Waals surface area contributed by atoms with E-state index in [4.69, 9.17) is 9.47 Å². The third-order valence-corrected chi connectivity index (χ3v) is 18.2. The number of rotatable bonds is 12. The van der Waals surface area contributed by atoms with Gasteiger partial charge >= 0.3 is 11.9 Å². The van der Waals surface area contributed by atoms with Crippen molar-refractivity contribution < 1.29 is 53.5 Å². The summed E-state index contributed by atoms with van der Waals surface area (Å²) in [4.78, 5) is 50.3. The van der Waals surface area contributed by atoms with Crippen molar-refractivity contribution in [3.63, 3.8) is 0 Å². The van der Waals surface area contributed by atoms with Crippen LogP contribution in [0.15, 0.2) is 59.3 Å². The van der Waals surface area contributed by atoms with Gasteiger partial charge in [0.25, 0.3) is 0 Å². The van der Waals surface area contributed by atoms with Gasteiger partial charge in [-0.25, -0.2) is 4.39 Å². The lowest BCUT2D eigenvalue weighted by Gasteiger charge is -2.62. The molecule has 0 saturated heterocycles. The van der Waals surface area contributed by atoms with Crippen molar-refractivity contribution >= 4 is 23.5 Å². The van der Waals surface area contributed by atoms with Crippen LogP contribution in [0.4, 0.5) is 4.39 Å². The van der Waals surface area contributed by atoms with E-state index in [9.17, 15) is 39.6 Å². The molecule has 7 aliphatic carbocycles. The number of ketones is 2.